The number of amides is 3. The summed E-state index contributed by atoms with van der Waals surface area (Å²) in [6.07, 6.45) is 3.16. The highest BCUT2D eigenvalue weighted by atomic mass is 32.2. The molecule has 2 aromatic rings. The van der Waals surface area contributed by atoms with Gasteiger partial charge >= 0.3 is 6.09 Å². The number of aromatic hydroxyl groups is 1. The number of aryl methyl sites for hydroxylation is 1. The highest BCUT2D eigenvalue weighted by Gasteiger charge is 2.39. The number of hydrogen-bond donors (Lipinski definition) is 3. The molecule has 0 aliphatic rings. The third-order valence-electron chi connectivity index (χ3n) is 6.86. The van der Waals surface area contributed by atoms with Crippen LogP contribution in [0.15, 0.2) is 48.5 Å². The van der Waals surface area contributed by atoms with Crippen molar-refractivity contribution in [2.45, 2.75) is 98.0 Å². The normalized spacial score (nSPS) is 13.6. The number of carbonyl (C=O) groups is 3. The summed E-state index contributed by atoms with van der Waals surface area (Å²) in [5.74, 6) is 0.449. The second-order valence-electron chi connectivity index (χ2n) is 12.2. The molecule has 42 heavy (non-hydrogen) atoms. The third kappa shape index (κ3) is 11.2. The predicted molar refractivity (Wildman–Crippen MR) is 170 cm³/mol. The first-order valence-corrected chi connectivity index (χ1v) is 16.0. The Morgan fingerprint density at radius 1 is 1.00 bits per heavy atom. The molecule has 0 saturated heterocycles. The molecule has 0 aliphatic heterocycles. The Labute approximate surface area is 256 Å². The van der Waals surface area contributed by atoms with Crippen molar-refractivity contribution in [3.8, 4) is 5.75 Å². The second kappa shape index (κ2) is 16.4. The zero-order valence-corrected chi connectivity index (χ0v) is 27.2. The van der Waals surface area contributed by atoms with Gasteiger partial charge in [-0.3, -0.25) is 9.59 Å². The number of carbonyl (C=O) groups excluding carboxylic acids is 3. The van der Waals surface area contributed by atoms with Crippen LogP contribution in [0.1, 0.15) is 83.5 Å². The van der Waals surface area contributed by atoms with Crippen molar-refractivity contribution in [1.82, 2.24) is 15.5 Å². The average molecular weight is 600 g/mol. The fraction of sp³-hybridized carbons (Fsp3) is 0.545. The summed E-state index contributed by atoms with van der Waals surface area (Å²) in [7, 11) is 0. The van der Waals surface area contributed by atoms with Gasteiger partial charge in [-0.25, -0.2) is 4.79 Å². The van der Waals surface area contributed by atoms with Gasteiger partial charge in [-0.2, -0.15) is 11.8 Å². The van der Waals surface area contributed by atoms with E-state index >= 15 is 0 Å². The van der Waals surface area contributed by atoms with Gasteiger partial charge in [-0.15, -0.1) is 0 Å². The summed E-state index contributed by atoms with van der Waals surface area (Å²) >= 11 is 1.57. The molecule has 0 aliphatic carbocycles. The van der Waals surface area contributed by atoms with Gasteiger partial charge in [0.25, 0.3) is 0 Å². The molecule has 232 valence electrons. The van der Waals surface area contributed by atoms with Crippen LogP contribution in [-0.2, 0) is 20.9 Å². The molecule has 3 N–H and O–H groups in total. The summed E-state index contributed by atoms with van der Waals surface area (Å²) in [6, 6.07) is 12.4. The molecular formula is C33H49N3O5S. The lowest BCUT2D eigenvalue weighted by atomic mass is 9.95. The number of ether oxygens (including phenoxy) is 1. The number of phenols is 1. The van der Waals surface area contributed by atoms with Crippen LogP contribution in [-0.4, -0.2) is 57.6 Å². The number of nitrogens with one attached hydrogen (secondary N) is 2. The lowest BCUT2D eigenvalue weighted by molar-refractivity contribution is -0.145. The molecule has 3 atom stereocenters. The van der Waals surface area contributed by atoms with E-state index in [4.69, 9.17) is 4.74 Å². The van der Waals surface area contributed by atoms with E-state index in [1.54, 1.807) is 62.6 Å². The molecule has 0 bridgehead atoms. The van der Waals surface area contributed by atoms with Crippen LogP contribution in [0.4, 0.5) is 4.79 Å². The zero-order valence-electron chi connectivity index (χ0n) is 26.4. The lowest BCUT2D eigenvalue weighted by Gasteiger charge is -2.39. The zero-order chi connectivity index (χ0) is 31.4. The number of thioether (sulfide) groups is 1. The molecule has 0 fully saturated rings. The van der Waals surface area contributed by atoms with Gasteiger partial charge in [0.15, 0.2) is 0 Å². The van der Waals surface area contributed by atoms with Crippen LogP contribution in [0.3, 0.4) is 0 Å². The molecule has 0 radical (unpaired) electrons. The largest absolute Gasteiger partial charge is 0.508 e. The standard InChI is InChI=1S/C33H49N3O5S/c1-22(2)14-15-24(4)36(31(39)27(18-19-42-8)35-32(40)41-33(5,6)7)29(26-16-17-28(37)23(3)20-26)30(38)34-21-25-12-10-9-11-13-25/h9-13,16-17,20,22,24,27,29,37H,14-15,18-19,21H2,1-8H3,(H,34,38)(H,35,40). The van der Waals surface area contributed by atoms with Crippen LogP contribution in [0.25, 0.3) is 0 Å². The van der Waals surface area contributed by atoms with E-state index < -0.39 is 23.8 Å². The number of benzene rings is 2. The van der Waals surface area contributed by atoms with Gasteiger partial charge < -0.3 is 25.4 Å². The van der Waals surface area contributed by atoms with Crippen molar-refractivity contribution in [3.63, 3.8) is 0 Å². The van der Waals surface area contributed by atoms with E-state index in [-0.39, 0.29) is 23.6 Å². The summed E-state index contributed by atoms with van der Waals surface area (Å²) < 4.78 is 5.49. The van der Waals surface area contributed by atoms with E-state index in [1.807, 2.05) is 43.5 Å². The number of alkyl carbamates (subject to hydrolysis) is 1. The first kappa shape index (κ1) is 35.0. The van der Waals surface area contributed by atoms with E-state index in [1.165, 1.54) is 0 Å². The lowest BCUT2D eigenvalue weighted by Crippen LogP contribution is -2.55. The summed E-state index contributed by atoms with van der Waals surface area (Å²) in [5.41, 5.74) is 1.38. The van der Waals surface area contributed by atoms with Crippen LogP contribution < -0.4 is 10.6 Å². The molecule has 8 nitrogen and oxygen atoms in total. The van der Waals surface area contributed by atoms with E-state index in [0.717, 1.165) is 12.0 Å². The molecule has 0 heterocycles. The van der Waals surface area contributed by atoms with Crippen molar-refractivity contribution < 1.29 is 24.2 Å². The van der Waals surface area contributed by atoms with Crippen LogP contribution >= 0.6 is 11.8 Å². The highest BCUT2D eigenvalue weighted by Crippen LogP contribution is 2.30. The smallest absolute Gasteiger partial charge is 0.408 e. The Morgan fingerprint density at radius 3 is 2.24 bits per heavy atom. The summed E-state index contributed by atoms with van der Waals surface area (Å²) in [4.78, 5) is 43.0. The van der Waals surface area contributed by atoms with Crippen molar-refractivity contribution in [3.05, 3.63) is 65.2 Å². The third-order valence-corrected chi connectivity index (χ3v) is 7.51. The maximum absolute atomic E-state index is 14.5. The number of hydrogen-bond acceptors (Lipinski definition) is 6. The van der Waals surface area contributed by atoms with Gasteiger partial charge in [0.1, 0.15) is 23.4 Å². The number of nitrogens with zero attached hydrogens (tertiary/aromatic N) is 1. The van der Waals surface area contributed by atoms with Gasteiger partial charge in [-0.05, 0) is 101 Å². The molecule has 2 rings (SSSR count). The Morgan fingerprint density at radius 2 is 1.67 bits per heavy atom. The fourth-order valence-electron chi connectivity index (χ4n) is 4.60. The van der Waals surface area contributed by atoms with Crippen molar-refractivity contribution in [1.29, 1.82) is 0 Å². The molecule has 0 saturated carbocycles. The van der Waals surface area contributed by atoms with E-state index in [0.29, 0.717) is 42.2 Å². The Hall–Kier alpha value is -3.20. The van der Waals surface area contributed by atoms with Gasteiger partial charge in [0.05, 0.1) is 0 Å². The van der Waals surface area contributed by atoms with Crippen molar-refractivity contribution in [2.24, 2.45) is 5.92 Å². The molecule has 2 aromatic carbocycles. The molecule has 9 heteroatoms. The van der Waals surface area contributed by atoms with E-state index in [9.17, 15) is 19.5 Å². The van der Waals surface area contributed by atoms with Gasteiger partial charge in [0, 0.05) is 12.6 Å². The first-order chi connectivity index (χ1) is 19.7. The SMILES string of the molecule is CSCCC(NC(=O)OC(C)(C)C)C(=O)N(C(C)CCC(C)C)C(C(=O)NCc1ccccc1)c1ccc(O)c(C)c1. The van der Waals surface area contributed by atoms with Crippen molar-refractivity contribution in [2.75, 3.05) is 12.0 Å². The Bertz CT molecular complexity index is 1170. The minimum Gasteiger partial charge on any atom is -0.508 e. The minimum absolute atomic E-state index is 0.109. The second-order valence-corrected chi connectivity index (χ2v) is 13.2. The van der Waals surface area contributed by atoms with Gasteiger partial charge in [-0.1, -0.05) is 50.2 Å². The maximum Gasteiger partial charge on any atom is 0.408 e. The molecule has 3 amide bonds. The molecule has 3 unspecified atom stereocenters. The summed E-state index contributed by atoms with van der Waals surface area (Å²) in [6.45, 7) is 13.6. The van der Waals surface area contributed by atoms with Crippen LogP contribution in [0.2, 0.25) is 0 Å². The topological polar surface area (TPSA) is 108 Å². The molecular weight excluding hydrogens is 550 g/mol. The average Bonchev–Trinajstić information content (AvgIpc) is 2.92. The maximum atomic E-state index is 14.5. The number of rotatable bonds is 14. The highest BCUT2D eigenvalue weighted by molar-refractivity contribution is 7.98. The van der Waals surface area contributed by atoms with Crippen LogP contribution in [0, 0.1) is 12.8 Å². The molecule has 0 spiro atoms. The quantitative estimate of drug-likeness (QED) is 0.233. The van der Waals surface area contributed by atoms with Crippen LogP contribution in [0.5, 0.6) is 5.75 Å². The predicted octanol–water partition coefficient (Wildman–Crippen LogP) is 6.36. The molecule has 0 aromatic heterocycles. The Balaban J connectivity index is 2.58. The Kier molecular flexibility index (Phi) is 13.7. The minimum atomic E-state index is -0.986. The monoisotopic (exact) mass is 599 g/mol. The first-order valence-electron chi connectivity index (χ1n) is 14.6. The summed E-state index contributed by atoms with van der Waals surface area (Å²) in [5, 5.41) is 16.1. The fourth-order valence-corrected chi connectivity index (χ4v) is 5.08. The van der Waals surface area contributed by atoms with Gasteiger partial charge in [0.2, 0.25) is 11.8 Å². The van der Waals surface area contributed by atoms with Crippen molar-refractivity contribution >= 4 is 29.7 Å². The van der Waals surface area contributed by atoms with E-state index in [2.05, 4.69) is 24.5 Å². The number of phenolic OH excluding ortho intramolecular Hbond substituents is 1.